The van der Waals surface area contributed by atoms with Crippen LogP contribution in [0.5, 0.6) is 0 Å². The van der Waals surface area contributed by atoms with E-state index < -0.39 is 39.6 Å². The maximum absolute atomic E-state index is 14.3. The molecule has 1 unspecified atom stereocenters. The van der Waals surface area contributed by atoms with Crippen molar-refractivity contribution in [3.63, 3.8) is 0 Å². The van der Waals surface area contributed by atoms with Crippen LogP contribution >= 0.6 is 34.8 Å². The van der Waals surface area contributed by atoms with Gasteiger partial charge in [0, 0.05) is 37.3 Å². The van der Waals surface area contributed by atoms with E-state index in [1.807, 2.05) is 0 Å². The number of pyridine rings is 1. The molecule has 1 aliphatic rings. The van der Waals surface area contributed by atoms with Crippen LogP contribution in [-0.4, -0.2) is 34.7 Å². The predicted octanol–water partition coefficient (Wildman–Crippen LogP) is 7.34. The van der Waals surface area contributed by atoms with Gasteiger partial charge in [-0.3, -0.25) is 4.79 Å². The number of aryl methyl sites for hydroxylation is 1. The van der Waals surface area contributed by atoms with Gasteiger partial charge in [0.1, 0.15) is 5.15 Å². The third-order valence-electron chi connectivity index (χ3n) is 5.98. The van der Waals surface area contributed by atoms with Gasteiger partial charge in [0.25, 0.3) is 11.5 Å². The lowest BCUT2D eigenvalue weighted by atomic mass is 9.86. The Balaban J connectivity index is 1.58. The fraction of sp³-hybridized carbons (Fsp3) is 0.240. The van der Waals surface area contributed by atoms with Gasteiger partial charge in [0.15, 0.2) is 5.82 Å². The van der Waals surface area contributed by atoms with Gasteiger partial charge in [-0.25, -0.2) is 9.37 Å². The Hall–Kier alpha value is -2.88. The molecule has 0 fully saturated rings. The largest absolute Gasteiger partial charge is 0.435 e. The minimum Gasteiger partial charge on any atom is -0.374 e. The molecule has 0 bridgehead atoms. The zero-order chi connectivity index (χ0) is 27.1. The first-order chi connectivity index (χ1) is 17.3. The van der Waals surface area contributed by atoms with Crippen LogP contribution < -0.4 is 0 Å². The standard InChI is InChI=1S/C25H18Cl3F4N3O2/c1-13-7-15(4-5-17(13)23(36)35(2)12-14-3-6-21(28)33-11-14)20-10-24(37-34-20,25(30,31)32)16-8-18(26)22(29)19(27)9-16/h3-9,11H,10,12H2,1-2H3. The maximum Gasteiger partial charge on any atom is 0.435 e. The lowest BCUT2D eigenvalue weighted by molar-refractivity contribution is -0.275. The van der Waals surface area contributed by atoms with Crippen LogP contribution in [0.4, 0.5) is 17.6 Å². The molecule has 37 heavy (non-hydrogen) atoms. The van der Waals surface area contributed by atoms with Crippen LogP contribution in [-0.2, 0) is 17.0 Å². The molecular formula is C25H18Cl3F4N3O2. The van der Waals surface area contributed by atoms with E-state index in [4.69, 9.17) is 39.6 Å². The topological polar surface area (TPSA) is 54.8 Å². The highest BCUT2D eigenvalue weighted by atomic mass is 35.5. The molecule has 2 aromatic carbocycles. The maximum atomic E-state index is 14.3. The zero-order valence-electron chi connectivity index (χ0n) is 19.3. The molecule has 1 amide bonds. The second-order valence-electron chi connectivity index (χ2n) is 8.56. The Morgan fingerprint density at radius 1 is 1.11 bits per heavy atom. The highest BCUT2D eigenvalue weighted by Crippen LogP contribution is 2.50. The summed E-state index contributed by atoms with van der Waals surface area (Å²) in [6, 6.07) is 9.60. The van der Waals surface area contributed by atoms with Crippen molar-refractivity contribution >= 4 is 46.4 Å². The third-order valence-corrected chi connectivity index (χ3v) is 6.75. The number of hydrogen-bond acceptors (Lipinski definition) is 4. The molecule has 0 saturated heterocycles. The van der Waals surface area contributed by atoms with E-state index in [1.54, 1.807) is 38.4 Å². The van der Waals surface area contributed by atoms with Crippen LogP contribution in [0.25, 0.3) is 0 Å². The number of benzene rings is 2. The van der Waals surface area contributed by atoms with Crippen molar-refractivity contribution < 1.29 is 27.2 Å². The van der Waals surface area contributed by atoms with E-state index in [0.29, 0.717) is 21.8 Å². The number of alkyl halides is 3. The van der Waals surface area contributed by atoms with E-state index >= 15 is 0 Å². The summed E-state index contributed by atoms with van der Waals surface area (Å²) in [5, 5.41) is 2.90. The minimum atomic E-state index is -4.92. The van der Waals surface area contributed by atoms with Crippen molar-refractivity contribution in [2.24, 2.45) is 5.16 Å². The fourth-order valence-electron chi connectivity index (χ4n) is 3.98. The van der Waals surface area contributed by atoms with Crippen molar-refractivity contribution in [2.45, 2.75) is 31.7 Å². The first-order valence-corrected chi connectivity index (χ1v) is 11.9. The van der Waals surface area contributed by atoms with Gasteiger partial charge in [0.05, 0.1) is 15.8 Å². The van der Waals surface area contributed by atoms with Crippen molar-refractivity contribution in [3.8, 4) is 0 Å². The summed E-state index contributed by atoms with van der Waals surface area (Å²) in [7, 11) is 1.62. The van der Waals surface area contributed by atoms with Gasteiger partial charge in [-0.1, -0.05) is 52.1 Å². The van der Waals surface area contributed by atoms with Crippen LogP contribution in [0.1, 0.15) is 39.0 Å². The molecule has 0 spiro atoms. The van der Waals surface area contributed by atoms with Gasteiger partial charge < -0.3 is 9.74 Å². The average Bonchev–Trinajstić information content (AvgIpc) is 3.30. The lowest BCUT2D eigenvalue weighted by Crippen LogP contribution is -2.42. The zero-order valence-corrected chi connectivity index (χ0v) is 21.6. The highest BCUT2D eigenvalue weighted by molar-refractivity contribution is 6.35. The predicted molar refractivity (Wildman–Crippen MR) is 133 cm³/mol. The monoisotopic (exact) mass is 573 g/mol. The van der Waals surface area contributed by atoms with Crippen molar-refractivity contribution in [2.75, 3.05) is 7.05 Å². The van der Waals surface area contributed by atoms with Gasteiger partial charge >= 0.3 is 6.18 Å². The molecule has 1 aliphatic heterocycles. The molecule has 4 rings (SSSR count). The van der Waals surface area contributed by atoms with E-state index in [1.165, 1.54) is 17.0 Å². The number of nitrogens with zero attached hydrogens (tertiary/aromatic N) is 3. The van der Waals surface area contributed by atoms with Crippen LogP contribution in [0.2, 0.25) is 15.2 Å². The van der Waals surface area contributed by atoms with Crippen molar-refractivity contribution in [1.82, 2.24) is 9.88 Å². The molecule has 12 heteroatoms. The van der Waals surface area contributed by atoms with Crippen LogP contribution in [0.15, 0.2) is 53.8 Å². The molecule has 1 atom stereocenters. The van der Waals surface area contributed by atoms with Gasteiger partial charge in [0.2, 0.25) is 0 Å². The summed E-state index contributed by atoms with van der Waals surface area (Å²) in [6.45, 7) is 1.95. The van der Waals surface area contributed by atoms with Crippen molar-refractivity contribution in [1.29, 1.82) is 0 Å². The Bertz CT molecular complexity index is 1370. The molecule has 0 saturated carbocycles. The Morgan fingerprint density at radius 3 is 2.35 bits per heavy atom. The van der Waals surface area contributed by atoms with Crippen molar-refractivity contribution in [3.05, 3.63) is 97.5 Å². The quantitative estimate of drug-likeness (QED) is 0.182. The van der Waals surface area contributed by atoms with E-state index in [2.05, 4.69) is 10.1 Å². The molecule has 1 aromatic heterocycles. The normalized spacial score (nSPS) is 17.4. The molecular weight excluding hydrogens is 557 g/mol. The minimum absolute atomic E-state index is 0.00316. The summed E-state index contributed by atoms with van der Waals surface area (Å²) in [4.78, 5) is 23.4. The molecule has 3 aromatic rings. The van der Waals surface area contributed by atoms with Gasteiger partial charge in [-0.15, -0.1) is 0 Å². The first-order valence-electron chi connectivity index (χ1n) is 10.8. The number of rotatable bonds is 5. The number of halogens is 7. The Kier molecular flexibility index (Phi) is 7.43. The Morgan fingerprint density at radius 2 is 1.78 bits per heavy atom. The summed E-state index contributed by atoms with van der Waals surface area (Å²) in [5.41, 5.74) is -1.37. The number of amides is 1. The van der Waals surface area contributed by atoms with Crippen LogP contribution in [0.3, 0.4) is 0 Å². The number of oxime groups is 1. The first kappa shape index (κ1) is 27.2. The summed E-state index contributed by atoms with van der Waals surface area (Å²) < 4.78 is 56.6. The number of hydrogen-bond donors (Lipinski definition) is 0. The number of carbonyl (C=O) groups is 1. The summed E-state index contributed by atoms with van der Waals surface area (Å²) >= 11 is 17.3. The molecule has 194 valence electrons. The second-order valence-corrected chi connectivity index (χ2v) is 9.77. The van der Waals surface area contributed by atoms with E-state index in [9.17, 15) is 22.4 Å². The molecule has 0 aliphatic carbocycles. The smallest absolute Gasteiger partial charge is 0.374 e. The fourth-order valence-corrected chi connectivity index (χ4v) is 4.58. The van der Waals surface area contributed by atoms with E-state index in [-0.39, 0.29) is 18.2 Å². The third kappa shape index (κ3) is 5.26. The summed E-state index contributed by atoms with van der Waals surface area (Å²) in [5.74, 6) is -1.32. The SMILES string of the molecule is Cc1cc(C2=NOC(c3cc(Cl)c(F)c(Cl)c3)(C(F)(F)F)C2)ccc1C(=O)N(C)Cc1ccc(Cl)nc1. The van der Waals surface area contributed by atoms with Gasteiger partial charge in [-0.2, -0.15) is 13.2 Å². The van der Waals surface area contributed by atoms with Crippen LogP contribution in [0, 0.1) is 12.7 Å². The number of aromatic nitrogens is 1. The van der Waals surface area contributed by atoms with Gasteiger partial charge in [-0.05, 0) is 53.9 Å². The lowest BCUT2D eigenvalue weighted by Gasteiger charge is -2.29. The average molecular weight is 575 g/mol. The second kappa shape index (κ2) is 10.1. The Labute approximate surface area is 224 Å². The van der Waals surface area contributed by atoms with E-state index in [0.717, 1.165) is 17.7 Å². The summed E-state index contributed by atoms with van der Waals surface area (Å²) in [6.07, 6.45) is -4.06. The number of carbonyl (C=O) groups excluding carboxylic acids is 1. The molecule has 5 nitrogen and oxygen atoms in total. The molecule has 2 heterocycles. The highest BCUT2D eigenvalue weighted by Gasteiger charge is 2.62. The molecule has 0 radical (unpaired) electrons. The molecule has 0 N–H and O–H groups in total.